The van der Waals surface area contributed by atoms with Crippen molar-refractivity contribution in [2.24, 2.45) is 0 Å². The summed E-state index contributed by atoms with van der Waals surface area (Å²) < 4.78 is 17.9. The molecule has 2 aliphatic carbocycles. The van der Waals surface area contributed by atoms with Gasteiger partial charge in [0.05, 0.1) is 17.7 Å². The Morgan fingerprint density at radius 3 is 1.30 bits per heavy atom. The van der Waals surface area contributed by atoms with E-state index in [9.17, 15) is 9.59 Å². The van der Waals surface area contributed by atoms with Gasteiger partial charge < -0.3 is 14.2 Å². The highest BCUT2D eigenvalue weighted by Gasteiger charge is 2.29. The molecule has 3 aliphatic rings. The smallest absolute Gasteiger partial charge is 0.361 e. The highest BCUT2D eigenvalue weighted by Crippen LogP contribution is 2.41. The Bertz CT molecular complexity index is 2510. The topological polar surface area (TPSA) is 61.8 Å². The lowest BCUT2D eigenvalue weighted by Crippen LogP contribution is -2.21. The van der Waals surface area contributed by atoms with Crippen molar-refractivity contribution < 1.29 is 23.8 Å². The lowest BCUT2D eigenvalue weighted by molar-refractivity contribution is -0.173. The number of thioether (sulfide) groups is 2. The molecule has 1 heterocycles. The van der Waals surface area contributed by atoms with Crippen LogP contribution in [0.1, 0.15) is 76.4 Å². The van der Waals surface area contributed by atoms with Crippen LogP contribution in [0.25, 0.3) is 0 Å². The summed E-state index contributed by atoms with van der Waals surface area (Å²) in [7, 11) is 0. The number of ether oxygens (including phenoxy) is 3. The van der Waals surface area contributed by atoms with Crippen LogP contribution < -0.4 is 9.47 Å². The maximum atomic E-state index is 11.9. The van der Waals surface area contributed by atoms with Crippen LogP contribution >= 0.6 is 23.5 Å². The second-order valence-corrected chi connectivity index (χ2v) is 14.3. The molecule has 0 unspecified atom stereocenters. The van der Waals surface area contributed by atoms with E-state index in [1.807, 2.05) is 104 Å². The first-order chi connectivity index (χ1) is 26.3. The fraction of sp³-hybridized carbons (Fsp3) is 0.106. The van der Waals surface area contributed by atoms with Gasteiger partial charge in [-0.2, -0.15) is 0 Å². The Kier molecular flexibility index (Phi) is 10.9. The number of hydrogen-bond donors (Lipinski definition) is 0. The Morgan fingerprint density at radius 2 is 0.889 bits per heavy atom. The lowest BCUT2D eigenvalue weighted by atomic mass is 10.0. The third-order valence-corrected chi connectivity index (χ3v) is 9.33. The second kappa shape index (κ2) is 16.4. The van der Waals surface area contributed by atoms with E-state index in [0.29, 0.717) is 51.5 Å². The predicted molar refractivity (Wildman–Crippen MR) is 212 cm³/mol. The lowest BCUT2D eigenvalue weighted by Gasteiger charge is -2.08. The van der Waals surface area contributed by atoms with E-state index in [0.717, 1.165) is 55.6 Å². The average Bonchev–Trinajstić information content (AvgIpc) is 3.59. The fourth-order valence-electron chi connectivity index (χ4n) is 5.39. The highest BCUT2D eigenvalue weighted by atomic mass is 32.2. The maximum absolute atomic E-state index is 11.9. The number of rotatable bonds is 4. The summed E-state index contributed by atoms with van der Waals surface area (Å²) in [5, 5.41) is -0.0508. The molecule has 5 aromatic carbocycles. The molecule has 6 bridgehead atoms. The van der Waals surface area contributed by atoms with E-state index in [-0.39, 0.29) is 10.2 Å². The summed E-state index contributed by atoms with van der Waals surface area (Å²) in [5.74, 6) is 33.5. The van der Waals surface area contributed by atoms with Crippen LogP contribution in [0.15, 0.2) is 107 Å². The van der Waals surface area contributed by atoms with Crippen LogP contribution in [-0.4, -0.2) is 23.3 Å². The van der Waals surface area contributed by atoms with Crippen LogP contribution in [0.2, 0.25) is 0 Å². The molecule has 0 fully saturated rings. The van der Waals surface area contributed by atoms with Gasteiger partial charge in [0.15, 0.2) is 21.7 Å². The predicted octanol–water partition coefficient (Wildman–Crippen LogP) is 8.37. The molecule has 0 radical (unpaired) electrons. The van der Waals surface area contributed by atoms with Gasteiger partial charge in [0.2, 0.25) is 0 Å². The minimum Gasteiger partial charge on any atom is -0.427 e. The van der Waals surface area contributed by atoms with Crippen LogP contribution in [0.5, 0.6) is 11.5 Å². The van der Waals surface area contributed by atoms with Crippen LogP contribution in [0, 0.1) is 59.2 Å². The van der Waals surface area contributed by atoms with Crippen molar-refractivity contribution >= 4 is 33.8 Å². The molecule has 7 heteroatoms. The van der Waals surface area contributed by atoms with Gasteiger partial charge in [0.1, 0.15) is 0 Å². The molecule has 0 N–H and O–H groups in total. The van der Waals surface area contributed by atoms with Crippen LogP contribution in [-0.2, 0) is 14.3 Å². The van der Waals surface area contributed by atoms with Crippen molar-refractivity contribution in [3.63, 3.8) is 0 Å². The van der Waals surface area contributed by atoms with E-state index >= 15 is 0 Å². The third-order valence-electron chi connectivity index (χ3n) is 7.77. The first-order valence-corrected chi connectivity index (χ1v) is 18.5. The van der Waals surface area contributed by atoms with Gasteiger partial charge in [-0.1, -0.05) is 94.9 Å². The Labute approximate surface area is 323 Å². The molecule has 0 saturated heterocycles. The van der Waals surface area contributed by atoms with Gasteiger partial charge in [0.25, 0.3) is 0 Å². The minimum atomic E-state index is -0.958. The van der Waals surface area contributed by atoms with Gasteiger partial charge in [-0.3, -0.25) is 9.59 Å². The van der Waals surface area contributed by atoms with Gasteiger partial charge in [0, 0.05) is 68.1 Å². The van der Waals surface area contributed by atoms with Crippen LogP contribution in [0.3, 0.4) is 0 Å². The van der Waals surface area contributed by atoms with E-state index in [1.165, 1.54) is 13.8 Å². The third kappa shape index (κ3) is 8.92. The van der Waals surface area contributed by atoms with Gasteiger partial charge in [-0.05, 0) is 91.9 Å². The zero-order valence-electron chi connectivity index (χ0n) is 29.4. The van der Waals surface area contributed by atoms with Crippen LogP contribution in [0.4, 0.5) is 0 Å². The number of fused-ring (bicyclic) bond motifs is 1. The van der Waals surface area contributed by atoms with Crippen molar-refractivity contribution in [2.45, 2.75) is 37.0 Å². The Balaban J connectivity index is 1.41. The van der Waals surface area contributed by atoms with Crippen molar-refractivity contribution in [1.29, 1.82) is 0 Å². The molecule has 0 amide bonds. The molecule has 0 saturated carbocycles. The Hall–Kier alpha value is -6.50. The maximum Gasteiger partial charge on any atom is 0.361 e. The fourth-order valence-corrected chi connectivity index (χ4v) is 6.68. The normalized spacial score (nSPS) is 11.9. The van der Waals surface area contributed by atoms with E-state index in [4.69, 9.17) is 14.2 Å². The standard InChI is InChI=1S/C47H28O5S2/c1-4-50-47-51-45-39-19-17-37-23-25-43(53-31(2)48)29-41(37)15-13-35-9-5-7-33(27-35)11-12-34-8-6-10-36(28-34)14-16-42-30-44(54-32(3)49)26-24-38(42)18-20-40(22-21-39)46(45)52-47/h5-10,21-30,47H,4H2,1-3H3. The summed E-state index contributed by atoms with van der Waals surface area (Å²) in [6.45, 7) is 4.33. The van der Waals surface area contributed by atoms with Gasteiger partial charge in [-0.25, -0.2) is 0 Å². The zero-order chi connectivity index (χ0) is 37.4. The van der Waals surface area contributed by atoms with E-state index < -0.39 is 6.48 Å². The van der Waals surface area contributed by atoms with Gasteiger partial charge >= 0.3 is 6.48 Å². The quantitative estimate of drug-likeness (QED) is 0.133. The average molecular weight is 737 g/mol. The monoisotopic (exact) mass is 736 g/mol. The summed E-state index contributed by atoms with van der Waals surface area (Å²) in [5.41, 5.74) is 7.04. The summed E-state index contributed by atoms with van der Waals surface area (Å²) in [4.78, 5) is 25.4. The molecule has 5 aromatic rings. The van der Waals surface area contributed by atoms with Crippen molar-refractivity contribution in [3.05, 3.63) is 153 Å². The molecule has 258 valence electrons. The van der Waals surface area contributed by atoms with Crippen molar-refractivity contribution in [3.8, 4) is 70.7 Å². The first-order valence-electron chi connectivity index (χ1n) is 16.9. The number of benzene rings is 5. The molecule has 5 nitrogen and oxygen atoms in total. The highest BCUT2D eigenvalue weighted by molar-refractivity contribution is 8.13. The molecule has 0 spiro atoms. The van der Waals surface area contributed by atoms with Gasteiger partial charge in [-0.15, -0.1) is 0 Å². The zero-order valence-corrected chi connectivity index (χ0v) is 31.0. The molecule has 54 heavy (non-hydrogen) atoms. The molecule has 8 rings (SSSR count). The van der Waals surface area contributed by atoms with Crippen molar-refractivity contribution in [2.75, 3.05) is 6.61 Å². The number of carbonyl (C=O) groups excluding carboxylic acids is 2. The molecular weight excluding hydrogens is 709 g/mol. The molecule has 0 aromatic heterocycles. The summed E-state index contributed by atoms with van der Waals surface area (Å²) in [6, 6.07) is 30.3. The molecular formula is C47H28O5S2. The van der Waals surface area contributed by atoms with E-state index in [1.54, 1.807) is 0 Å². The van der Waals surface area contributed by atoms with E-state index in [2.05, 4.69) is 59.2 Å². The molecule has 0 atom stereocenters. The van der Waals surface area contributed by atoms with Crippen molar-refractivity contribution in [1.82, 2.24) is 0 Å². The summed E-state index contributed by atoms with van der Waals surface area (Å²) >= 11 is 2.28. The largest absolute Gasteiger partial charge is 0.427 e. The Morgan fingerprint density at radius 1 is 0.519 bits per heavy atom. The SMILES string of the molecule is CCOC1Oc2c3ccc(c2O1)C#Cc1ccc(SC(C)=O)cc1C#Cc1cccc(c1)C#Cc1cccc(c1)C#Cc1cc(SC(C)=O)ccc1C#C3. The second-order valence-electron chi connectivity index (χ2n) is 11.8. The number of carbonyl (C=O) groups is 2. The first kappa shape index (κ1) is 35.9. The number of hydrogen-bond acceptors (Lipinski definition) is 7. The minimum absolute atomic E-state index is 0.0254. The molecule has 1 aliphatic heterocycles. The summed E-state index contributed by atoms with van der Waals surface area (Å²) in [6.07, 6.45) is 0.